The van der Waals surface area contributed by atoms with Gasteiger partial charge in [0, 0.05) is 38.8 Å². The van der Waals surface area contributed by atoms with Gasteiger partial charge in [-0.3, -0.25) is 4.79 Å². The Labute approximate surface area is 196 Å². The van der Waals surface area contributed by atoms with Crippen molar-refractivity contribution in [2.45, 2.75) is 51.6 Å². The summed E-state index contributed by atoms with van der Waals surface area (Å²) in [4.78, 5) is 21.6. The molecule has 0 saturated carbocycles. The second-order valence-corrected chi connectivity index (χ2v) is 8.90. The van der Waals surface area contributed by atoms with E-state index in [1.54, 1.807) is 17.0 Å². The molecule has 0 aliphatic carbocycles. The maximum atomic E-state index is 14.7. The molecule has 10 heteroatoms. The van der Waals surface area contributed by atoms with Gasteiger partial charge in [0.25, 0.3) is 11.8 Å². The highest BCUT2D eigenvalue weighted by Gasteiger charge is 2.30. The van der Waals surface area contributed by atoms with Crippen molar-refractivity contribution in [3.05, 3.63) is 42.0 Å². The summed E-state index contributed by atoms with van der Waals surface area (Å²) in [6, 6.07) is 7.26. The highest BCUT2D eigenvalue weighted by molar-refractivity contribution is 5.85. The topological polar surface area (TPSA) is 84.8 Å². The Morgan fingerprint density at radius 2 is 1.97 bits per heavy atom. The molecule has 34 heavy (non-hydrogen) atoms. The van der Waals surface area contributed by atoms with Gasteiger partial charge in [0.1, 0.15) is 24.0 Å². The number of rotatable bonds is 11. The normalized spacial score (nSPS) is 18.0. The molecule has 0 bridgehead atoms. The van der Waals surface area contributed by atoms with E-state index in [1.807, 2.05) is 26.0 Å². The zero-order chi connectivity index (χ0) is 24.9. The summed E-state index contributed by atoms with van der Waals surface area (Å²) in [6.45, 7) is 4.17. The van der Waals surface area contributed by atoms with Crippen molar-refractivity contribution in [1.82, 2.24) is 9.97 Å². The van der Waals surface area contributed by atoms with E-state index in [-0.39, 0.29) is 36.1 Å². The van der Waals surface area contributed by atoms with Crippen LogP contribution in [0.25, 0.3) is 0 Å². The Kier molecular flexibility index (Phi) is 8.35. The van der Waals surface area contributed by atoms with Crippen molar-refractivity contribution in [3.8, 4) is 11.6 Å². The predicted octanol–water partition coefficient (Wildman–Crippen LogP) is 4.00. The number of nitrogens with zero attached hydrogens (tertiary/aromatic N) is 3. The van der Waals surface area contributed by atoms with Crippen LogP contribution in [0.2, 0.25) is 0 Å². The molecule has 0 radical (unpaired) electrons. The van der Waals surface area contributed by atoms with E-state index in [0.717, 1.165) is 11.9 Å². The van der Waals surface area contributed by atoms with E-state index < -0.39 is 24.2 Å². The summed E-state index contributed by atoms with van der Waals surface area (Å²) in [5, 5.41) is 9.15. The van der Waals surface area contributed by atoms with Crippen molar-refractivity contribution in [1.29, 1.82) is 0 Å². The van der Waals surface area contributed by atoms with E-state index in [9.17, 15) is 18.0 Å². The van der Waals surface area contributed by atoms with Crippen LogP contribution in [0.3, 0.4) is 0 Å². The molecule has 2 aromatic rings. The molecule has 0 spiro atoms. The number of ketones is 1. The molecule has 3 atom stereocenters. The number of aromatic nitrogens is 2. The van der Waals surface area contributed by atoms with E-state index in [2.05, 4.69) is 9.97 Å². The number of Topliss-reactive ketones (excluding diaryl/α,β-unsaturated/α-hetero) is 1. The van der Waals surface area contributed by atoms with E-state index in [4.69, 9.17) is 14.6 Å². The molecule has 1 N–H and O–H groups in total. The first-order valence-corrected chi connectivity index (χ1v) is 11.2. The van der Waals surface area contributed by atoms with Crippen LogP contribution in [0.5, 0.6) is 11.6 Å². The lowest BCUT2D eigenvalue weighted by atomic mass is 9.91. The molecule has 3 rings (SSSR count). The van der Waals surface area contributed by atoms with Crippen molar-refractivity contribution >= 4 is 11.6 Å². The number of carbonyl (C=O) groups is 1. The Morgan fingerprint density at radius 3 is 2.62 bits per heavy atom. The Balaban J connectivity index is 1.58. The fourth-order valence-corrected chi connectivity index (χ4v) is 3.68. The van der Waals surface area contributed by atoms with Gasteiger partial charge in [-0.2, -0.15) is 9.37 Å². The maximum Gasteiger partial charge on any atom is 0.278 e. The average Bonchev–Trinajstić information content (AvgIpc) is 3.25. The molecule has 1 saturated heterocycles. The summed E-state index contributed by atoms with van der Waals surface area (Å²) >= 11 is 0. The van der Waals surface area contributed by atoms with E-state index in [0.29, 0.717) is 38.6 Å². The maximum absolute atomic E-state index is 14.7. The Bertz CT molecular complexity index is 969. The van der Waals surface area contributed by atoms with Crippen LogP contribution in [-0.2, 0) is 4.79 Å². The smallest absolute Gasteiger partial charge is 0.278 e. The molecule has 1 fully saturated rings. The van der Waals surface area contributed by atoms with Crippen LogP contribution in [0.4, 0.5) is 19.0 Å². The minimum absolute atomic E-state index is 0.0182. The third-order valence-corrected chi connectivity index (χ3v) is 5.67. The molecule has 1 aliphatic rings. The van der Waals surface area contributed by atoms with Gasteiger partial charge in [0.05, 0.1) is 6.54 Å². The highest BCUT2D eigenvalue weighted by atomic mass is 19.3. The van der Waals surface area contributed by atoms with Gasteiger partial charge >= 0.3 is 0 Å². The van der Waals surface area contributed by atoms with Gasteiger partial charge in [0.2, 0.25) is 5.82 Å². The second kappa shape index (κ2) is 11.0. The number of anilines is 1. The first kappa shape index (κ1) is 25.7. The van der Waals surface area contributed by atoms with E-state index in [1.165, 1.54) is 0 Å². The average molecular weight is 482 g/mol. The molecule has 1 aliphatic heterocycles. The highest BCUT2D eigenvalue weighted by Crippen LogP contribution is 2.29. The predicted molar refractivity (Wildman–Crippen MR) is 120 cm³/mol. The first-order chi connectivity index (χ1) is 16.1. The lowest BCUT2D eigenvalue weighted by Crippen LogP contribution is -2.27. The quantitative estimate of drug-likeness (QED) is 0.519. The number of hydrogen-bond donors (Lipinski definition) is 1. The van der Waals surface area contributed by atoms with Gasteiger partial charge in [-0.15, -0.1) is 0 Å². The monoisotopic (exact) mass is 481 g/mol. The number of benzene rings is 1. The van der Waals surface area contributed by atoms with Crippen molar-refractivity contribution in [2.24, 2.45) is 5.92 Å². The number of carbonyl (C=O) groups excluding carboxylic acids is 1. The molecule has 1 aromatic heterocycles. The lowest BCUT2D eigenvalue weighted by Gasteiger charge is -2.20. The number of hydrogen-bond acceptors (Lipinski definition) is 7. The third kappa shape index (κ3) is 6.82. The zero-order valence-corrected chi connectivity index (χ0v) is 19.5. The van der Waals surface area contributed by atoms with Crippen LogP contribution in [0, 0.1) is 11.7 Å². The first-order valence-electron chi connectivity index (χ1n) is 11.2. The number of halogens is 3. The third-order valence-electron chi connectivity index (χ3n) is 5.67. The van der Waals surface area contributed by atoms with E-state index >= 15 is 0 Å². The molecule has 186 valence electrons. The minimum Gasteiger partial charge on any atom is -0.489 e. The summed E-state index contributed by atoms with van der Waals surface area (Å²) in [6.07, 6.45) is 1.79. The minimum atomic E-state index is -3.11. The largest absolute Gasteiger partial charge is 0.489 e. The van der Waals surface area contributed by atoms with Gasteiger partial charge in [-0.05, 0) is 23.6 Å². The number of alkyl halides is 2. The van der Waals surface area contributed by atoms with Crippen LogP contribution in [-0.4, -0.2) is 59.2 Å². The van der Waals surface area contributed by atoms with Crippen LogP contribution < -0.4 is 14.4 Å². The molecule has 7 nitrogen and oxygen atoms in total. The molecular formula is C24H30F3N3O4. The second-order valence-electron chi connectivity index (χ2n) is 8.90. The molecule has 1 aromatic carbocycles. The molecule has 0 amide bonds. The number of ether oxygens (including phenoxy) is 2. The summed E-state index contributed by atoms with van der Waals surface area (Å²) in [7, 11) is 0. The Morgan fingerprint density at radius 1 is 1.26 bits per heavy atom. The van der Waals surface area contributed by atoms with Crippen LogP contribution >= 0.6 is 0 Å². The lowest BCUT2D eigenvalue weighted by molar-refractivity contribution is -0.121. The zero-order valence-electron chi connectivity index (χ0n) is 19.5. The van der Waals surface area contributed by atoms with Crippen molar-refractivity contribution < 1.29 is 32.5 Å². The summed E-state index contributed by atoms with van der Waals surface area (Å²) in [5.74, 6) is -4.18. The number of aliphatic hydroxyl groups excluding tert-OH is 1. The van der Waals surface area contributed by atoms with Gasteiger partial charge < -0.3 is 19.5 Å². The number of aliphatic hydroxyl groups is 1. The van der Waals surface area contributed by atoms with Gasteiger partial charge in [-0.25, -0.2) is 13.8 Å². The fraction of sp³-hybridized carbons (Fsp3) is 0.542. The summed E-state index contributed by atoms with van der Waals surface area (Å²) < 4.78 is 51.6. The van der Waals surface area contributed by atoms with Gasteiger partial charge in [-0.1, -0.05) is 26.0 Å². The van der Waals surface area contributed by atoms with Crippen molar-refractivity contribution in [3.63, 3.8) is 0 Å². The molecule has 2 heterocycles. The standard InChI is InChI=1S/C24H30F3N3O4/c1-15(12-31)10-20(32)16(2)17-4-6-18(7-5-17)34-19-8-9-30(11-19)22-21(25)23(29-14-28-22)33-13-24(3,26)27/h4-7,14-16,19,31H,8-13H2,1-3H3/t15?,16?,19-/m1/s1. The SMILES string of the molecule is CC(CO)CC(=O)C(C)c1ccc(O[C@@H]2CCN(c3ncnc(OCC(C)(F)F)c3F)C2)cc1. The Hall–Kier alpha value is -2.88. The van der Waals surface area contributed by atoms with Crippen LogP contribution in [0.15, 0.2) is 30.6 Å². The molecular weight excluding hydrogens is 451 g/mol. The summed E-state index contributed by atoms with van der Waals surface area (Å²) in [5.41, 5.74) is 0.865. The fourth-order valence-electron chi connectivity index (χ4n) is 3.68. The van der Waals surface area contributed by atoms with Gasteiger partial charge in [0.15, 0.2) is 12.4 Å². The van der Waals surface area contributed by atoms with Crippen molar-refractivity contribution in [2.75, 3.05) is 31.2 Å². The van der Waals surface area contributed by atoms with Crippen LogP contribution in [0.1, 0.15) is 45.1 Å². The molecule has 2 unspecified atom stereocenters.